The van der Waals surface area contributed by atoms with Crippen LogP contribution in [0.15, 0.2) is 60.7 Å². The first-order chi connectivity index (χ1) is 11.6. The number of carbonyl (C=O) groups excluding carboxylic acids is 2. The minimum atomic E-state index is -0.639. The molecule has 0 aliphatic rings. The summed E-state index contributed by atoms with van der Waals surface area (Å²) < 4.78 is 10.6. The monoisotopic (exact) mass is 340 g/mol. The van der Waals surface area contributed by atoms with Gasteiger partial charge in [0, 0.05) is 5.56 Å². The molecule has 5 heteroatoms. The summed E-state index contributed by atoms with van der Waals surface area (Å²) in [7, 11) is 1.45. The molecule has 0 radical (unpaired) electrons. The van der Waals surface area contributed by atoms with Gasteiger partial charge in [-0.05, 0) is 46.6 Å². The van der Waals surface area contributed by atoms with E-state index in [1.54, 1.807) is 12.1 Å². The second-order valence-corrected chi connectivity index (χ2v) is 5.40. The van der Waals surface area contributed by atoms with Gasteiger partial charge in [-0.2, -0.15) is 0 Å². The maximum absolute atomic E-state index is 12.6. The Morgan fingerprint density at radius 1 is 0.917 bits per heavy atom. The van der Waals surface area contributed by atoms with Crippen molar-refractivity contribution in [3.8, 4) is 11.5 Å². The highest BCUT2D eigenvalue weighted by molar-refractivity contribution is 6.67. The first-order valence-corrected chi connectivity index (χ1v) is 7.56. The Morgan fingerprint density at radius 3 is 2.42 bits per heavy atom. The van der Waals surface area contributed by atoms with Crippen LogP contribution in [0.2, 0.25) is 0 Å². The van der Waals surface area contributed by atoms with Crippen molar-refractivity contribution in [3.05, 3.63) is 71.8 Å². The van der Waals surface area contributed by atoms with E-state index in [2.05, 4.69) is 0 Å². The molecule has 3 aromatic rings. The zero-order chi connectivity index (χ0) is 17.1. The molecule has 0 unspecified atom stereocenters. The van der Waals surface area contributed by atoms with Gasteiger partial charge in [0.15, 0.2) is 11.5 Å². The number of hydrogen-bond donors (Lipinski definition) is 0. The zero-order valence-electron chi connectivity index (χ0n) is 12.8. The summed E-state index contributed by atoms with van der Waals surface area (Å²) in [5.41, 5.74) is 0.649. The maximum atomic E-state index is 12.6. The van der Waals surface area contributed by atoms with Gasteiger partial charge in [-0.3, -0.25) is 4.79 Å². The number of halogens is 1. The van der Waals surface area contributed by atoms with Gasteiger partial charge >= 0.3 is 5.97 Å². The molecular weight excluding hydrogens is 328 g/mol. The lowest BCUT2D eigenvalue weighted by Gasteiger charge is -2.11. The van der Waals surface area contributed by atoms with Crippen molar-refractivity contribution in [3.63, 3.8) is 0 Å². The number of carbonyl (C=O) groups is 2. The number of benzene rings is 3. The van der Waals surface area contributed by atoms with E-state index in [1.165, 1.54) is 25.3 Å². The van der Waals surface area contributed by atoms with Gasteiger partial charge in [0.25, 0.3) is 5.24 Å². The van der Waals surface area contributed by atoms with Gasteiger partial charge in [-0.25, -0.2) is 4.79 Å². The first-order valence-electron chi connectivity index (χ1n) is 7.18. The van der Waals surface area contributed by atoms with E-state index in [-0.39, 0.29) is 11.3 Å². The molecule has 0 aliphatic carbocycles. The molecule has 0 saturated heterocycles. The van der Waals surface area contributed by atoms with Crippen molar-refractivity contribution in [1.82, 2.24) is 0 Å². The quantitative estimate of drug-likeness (QED) is 0.400. The minimum absolute atomic E-state index is 0.141. The smallest absolute Gasteiger partial charge is 0.344 e. The van der Waals surface area contributed by atoms with Gasteiger partial charge in [0.2, 0.25) is 0 Å². The van der Waals surface area contributed by atoms with E-state index in [4.69, 9.17) is 21.1 Å². The molecule has 3 rings (SSSR count). The van der Waals surface area contributed by atoms with Crippen LogP contribution < -0.4 is 9.47 Å². The molecule has 0 amide bonds. The number of esters is 1. The molecule has 0 bridgehead atoms. The average Bonchev–Trinajstić information content (AvgIpc) is 2.61. The van der Waals surface area contributed by atoms with Gasteiger partial charge in [0.1, 0.15) is 0 Å². The summed E-state index contributed by atoms with van der Waals surface area (Å²) in [5.74, 6) is -0.0588. The zero-order valence-corrected chi connectivity index (χ0v) is 13.5. The second kappa shape index (κ2) is 6.72. The van der Waals surface area contributed by atoms with Gasteiger partial charge in [-0.15, -0.1) is 0 Å². The summed E-state index contributed by atoms with van der Waals surface area (Å²) in [6.45, 7) is 0. The number of fused-ring (bicyclic) bond motifs is 1. The van der Waals surface area contributed by atoms with Crippen molar-refractivity contribution in [1.29, 1.82) is 0 Å². The van der Waals surface area contributed by atoms with Crippen molar-refractivity contribution >= 4 is 33.6 Å². The van der Waals surface area contributed by atoms with Crippen LogP contribution in [0.1, 0.15) is 20.7 Å². The lowest BCUT2D eigenvalue weighted by Crippen LogP contribution is -2.10. The van der Waals surface area contributed by atoms with Crippen molar-refractivity contribution in [2.75, 3.05) is 7.11 Å². The molecule has 4 nitrogen and oxygen atoms in total. The Kier molecular flexibility index (Phi) is 4.49. The predicted octanol–water partition coefficient (Wildman–Crippen LogP) is 4.45. The predicted molar refractivity (Wildman–Crippen MR) is 92.1 cm³/mol. The molecule has 0 aromatic heterocycles. The highest BCUT2D eigenvalue weighted by Crippen LogP contribution is 2.30. The van der Waals surface area contributed by atoms with Crippen LogP contribution >= 0.6 is 11.6 Å². The molecule has 3 aromatic carbocycles. The molecule has 120 valence electrons. The van der Waals surface area contributed by atoms with Crippen LogP contribution in [-0.2, 0) is 0 Å². The largest absolute Gasteiger partial charge is 0.493 e. The standard InChI is InChI=1S/C19H13ClO4/c1-23-16-10-9-13(18(20)21)11-17(16)24-19(22)15-8-4-6-12-5-2-3-7-14(12)15/h2-11H,1H3. The van der Waals surface area contributed by atoms with E-state index < -0.39 is 11.2 Å². The molecular formula is C19H13ClO4. The molecule has 0 heterocycles. The number of hydrogen-bond acceptors (Lipinski definition) is 4. The van der Waals surface area contributed by atoms with Crippen LogP contribution in [0.5, 0.6) is 11.5 Å². The molecule has 24 heavy (non-hydrogen) atoms. The summed E-state index contributed by atoms with van der Waals surface area (Å²) in [6, 6.07) is 17.3. The third-order valence-electron chi connectivity index (χ3n) is 3.60. The van der Waals surface area contributed by atoms with Crippen molar-refractivity contribution in [2.24, 2.45) is 0 Å². The highest BCUT2D eigenvalue weighted by atomic mass is 35.5. The van der Waals surface area contributed by atoms with Crippen LogP contribution in [0.25, 0.3) is 10.8 Å². The van der Waals surface area contributed by atoms with E-state index in [0.717, 1.165) is 10.8 Å². The Labute approximate surface area is 143 Å². The summed E-state index contributed by atoms with van der Waals surface area (Å²) in [6.07, 6.45) is 0. The van der Waals surface area contributed by atoms with Crippen LogP contribution in [0.3, 0.4) is 0 Å². The minimum Gasteiger partial charge on any atom is -0.493 e. The number of methoxy groups -OCH3 is 1. The molecule has 0 saturated carbocycles. The van der Waals surface area contributed by atoms with E-state index in [9.17, 15) is 9.59 Å². The van der Waals surface area contributed by atoms with E-state index >= 15 is 0 Å². The van der Waals surface area contributed by atoms with E-state index in [1.807, 2.05) is 30.3 Å². The first kappa shape index (κ1) is 16.0. The Balaban J connectivity index is 2.00. The fraction of sp³-hybridized carbons (Fsp3) is 0.0526. The van der Waals surface area contributed by atoms with Gasteiger partial charge < -0.3 is 9.47 Å². The fourth-order valence-corrected chi connectivity index (χ4v) is 2.55. The van der Waals surface area contributed by atoms with Gasteiger partial charge in [0.05, 0.1) is 12.7 Å². The molecule has 0 N–H and O–H groups in total. The fourth-order valence-electron chi connectivity index (χ4n) is 2.44. The normalized spacial score (nSPS) is 10.4. The van der Waals surface area contributed by atoms with Crippen LogP contribution in [0.4, 0.5) is 0 Å². The Morgan fingerprint density at radius 2 is 1.67 bits per heavy atom. The Bertz CT molecular complexity index is 928. The van der Waals surface area contributed by atoms with E-state index in [0.29, 0.717) is 11.3 Å². The number of ether oxygens (including phenoxy) is 2. The molecule has 0 fully saturated rings. The highest BCUT2D eigenvalue weighted by Gasteiger charge is 2.16. The topological polar surface area (TPSA) is 52.6 Å². The lowest BCUT2D eigenvalue weighted by atomic mass is 10.0. The maximum Gasteiger partial charge on any atom is 0.344 e. The van der Waals surface area contributed by atoms with Gasteiger partial charge in [-0.1, -0.05) is 36.4 Å². The average molecular weight is 341 g/mol. The Hall–Kier alpha value is -2.85. The number of rotatable bonds is 4. The summed E-state index contributed by atoms with van der Waals surface area (Å²) in [5, 5.41) is 1.08. The molecule has 0 spiro atoms. The third kappa shape index (κ3) is 3.09. The van der Waals surface area contributed by atoms with Crippen LogP contribution in [0, 0.1) is 0 Å². The van der Waals surface area contributed by atoms with Crippen molar-refractivity contribution < 1.29 is 19.1 Å². The summed E-state index contributed by atoms with van der Waals surface area (Å²) in [4.78, 5) is 23.9. The third-order valence-corrected chi connectivity index (χ3v) is 3.82. The molecule has 0 aliphatic heterocycles. The summed E-state index contributed by atoms with van der Waals surface area (Å²) >= 11 is 5.48. The lowest BCUT2D eigenvalue weighted by molar-refractivity contribution is 0.0731. The SMILES string of the molecule is COc1ccc(C(=O)Cl)cc1OC(=O)c1cccc2ccccc12. The van der Waals surface area contributed by atoms with Crippen LogP contribution in [-0.4, -0.2) is 18.3 Å². The second-order valence-electron chi connectivity index (χ2n) is 5.06. The van der Waals surface area contributed by atoms with Crippen molar-refractivity contribution in [2.45, 2.75) is 0 Å². The molecule has 0 atom stereocenters.